The molecule has 3 nitrogen and oxygen atoms in total. The van der Waals surface area contributed by atoms with Gasteiger partial charge in [0.05, 0.1) is 20.3 Å². The number of thiophene rings is 1. The normalized spacial score (nSPS) is 12.2. The fourth-order valence-corrected chi connectivity index (χ4v) is 2.83. The highest BCUT2D eigenvalue weighted by Gasteiger charge is 2.17. The van der Waals surface area contributed by atoms with Gasteiger partial charge >= 0.3 is 0 Å². The summed E-state index contributed by atoms with van der Waals surface area (Å²) in [6, 6.07) is 5.49. The Bertz CT molecular complexity index is 536. The molecule has 2 aromatic rings. The summed E-state index contributed by atoms with van der Waals surface area (Å²) >= 11 is 1.66. The first-order chi connectivity index (χ1) is 8.67. The lowest BCUT2D eigenvalue weighted by atomic mass is 9.98. The quantitative estimate of drug-likeness (QED) is 0.921. The van der Waals surface area contributed by atoms with Crippen LogP contribution in [0.15, 0.2) is 29.0 Å². The average molecular weight is 263 g/mol. The molecule has 0 aliphatic heterocycles. The van der Waals surface area contributed by atoms with Crippen molar-refractivity contribution in [2.24, 2.45) is 5.73 Å². The van der Waals surface area contributed by atoms with E-state index in [0.29, 0.717) is 0 Å². The fraction of sp³-hybridized carbons (Fsp3) is 0.286. The van der Waals surface area contributed by atoms with Crippen LogP contribution in [0.3, 0.4) is 0 Å². The van der Waals surface area contributed by atoms with Crippen LogP contribution in [-0.4, -0.2) is 14.2 Å². The van der Waals surface area contributed by atoms with Crippen molar-refractivity contribution in [2.45, 2.75) is 13.0 Å². The smallest absolute Gasteiger partial charge is 0.124 e. The van der Waals surface area contributed by atoms with Gasteiger partial charge in [0, 0.05) is 5.56 Å². The molecule has 18 heavy (non-hydrogen) atoms. The van der Waals surface area contributed by atoms with Gasteiger partial charge in [-0.3, -0.25) is 0 Å². The Morgan fingerprint density at radius 1 is 1.11 bits per heavy atom. The molecule has 96 valence electrons. The summed E-state index contributed by atoms with van der Waals surface area (Å²) in [7, 11) is 3.30. The van der Waals surface area contributed by atoms with E-state index in [1.165, 1.54) is 5.56 Å². The maximum absolute atomic E-state index is 6.33. The summed E-state index contributed by atoms with van der Waals surface area (Å²) in [6.45, 7) is 2.07. The molecular weight excluding hydrogens is 246 g/mol. The number of nitrogens with two attached hydrogens (primary N) is 1. The predicted molar refractivity (Wildman–Crippen MR) is 74.6 cm³/mol. The van der Waals surface area contributed by atoms with Crippen molar-refractivity contribution in [3.63, 3.8) is 0 Å². The molecule has 2 N–H and O–H groups in total. The maximum Gasteiger partial charge on any atom is 0.124 e. The van der Waals surface area contributed by atoms with E-state index >= 15 is 0 Å². The second kappa shape index (κ2) is 5.42. The van der Waals surface area contributed by atoms with Crippen LogP contribution in [0.25, 0.3) is 0 Å². The van der Waals surface area contributed by atoms with E-state index in [2.05, 4.69) is 17.7 Å². The van der Waals surface area contributed by atoms with Gasteiger partial charge in [-0.25, -0.2) is 0 Å². The van der Waals surface area contributed by atoms with Crippen molar-refractivity contribution in [3.8, 4) is 11.5 Å². The number of benzene rings is 1. The van der Waals surface area contributed by atoms with Gasteiger partial charge in [-0.1, -0.05) is 0 Å². The molecule has 0 fully saturated rings. The summed E-state index contributed by atoms with van der Waals surface area (Å²) in [5, 5.41) is 4.18. The topological polar surface area (TPSA) is 44.5 Å². The van der Waals surface area contributed by atoms with Gasteiger partial charge in [-0.05, 0) is 47.0 Å². The molecule has 0 amide bonds. The number of rotatable bonds is 4. The molecule has 0 bridgehead atoms. The third-order valence-corrected chi connectivity index (χ3v) is 3.88. The van der Waals surface area contributed by atoms with E-state index in [0.717, 1.165) is 22.6 Å². The van der Waals surface area contributed by atoms with E-state index in [1.54, 1.807) is 25.6 Å². The van der Waals surface area contributed by atoms with Crippen molar-refractivity contribution in [1.29, 1.82) is 0 Å². The molecule has 0 saturated carbocycles. The van der Waals surface area contributed by atoms with Gasteiger partial charge in [-0.15, -0.1) is 0 Å². The van der Waals surface area contributed by atoms with Gasteiger partial charge in [0.1, 0.15) is 11.5 Å². The molecule has 0 aliphatic rings. The Kier molecular flexibility index (Phi) is 3.89. The molecule has 0 radical (unpaired) electrons. The van der Waals surface area contributed by atoms with Crippen molar-refractivity contribution in [2.75, 3.05) is 14.2 Å². The summed E-state index contributed by atoms with van der Waals surface area (Å²) in [6.07, 6.45) is 0. The van der Waals surface area contributed by atoms with Crippen molar-refractivity contribution < 1.29 is 9.47 Å². The summed E-state index contributed by atoms with van der Waals surface area (Å²) in [5.41, 5.74) is 9.61. The second-order valence-corrected chi connectivity index (χ2v) is 4.84. The number of ether oxygens (including phenoxy) is 2. The number of hydrogen-bond donors (Lipinski definition) is 1. The zero-order chi connectivity index (χ0) is 13.1. The van der Waals surface area contributed by atoms with E-state index in [9.17, 15) is 0 Å². The van der Waals surface area contributed by atoms with Gasteiger partial charge < -0.3 is 15.2 Å². The maximum atomic E-state index is 6.33. The third-order valence-electron chi connectivity index (χ3n) is 3.00. The van der Waals surface area contributed by atoms with E-state index in [1.807, 2.05) is 18.2 Å². The molecule has 1 heterocycles. The van der Waals surface area contributed by atoms with Crippen LogP contribution in [0.4, 0.5) is 0 Å². The molecule has 1 atom stereocenters. The first-order valence-corrected chi connectivity index (χ1v) is 6.62. The molecule has 2 rings (SSSR count). The number of methoxy groups -OCH3 is 2. The Morgan fingerprint density at radius 2 is 1.89 bits per heavy atom. The Balaban J connectivity index is 2.45. The predicted octanol–water partition coefficient (Wildman–Crippen LogP) is 3.12. The molecule has 0 spiro atoms. The Hall–Kier alpha value is -1.52. The number of aryl methyl sites for hydroxylation is 1. The van der Waals surface area contributed by atoms with Gasteiger partial charge in [0.25, 0.3) is 0 Å². The van der Waals surface area contributed by atoms with Crippen molar-refractivity contribution in [1.82, 2.24) is 0 Å². The molecule has 0 aliphatic carbocycles. The second-order valence-electron chi connectivity index (χ2n) is 4.10. The monoisotopic (exact) mass is 263 g/mol. The lowest BCUT2D eigenvalue weighted by Crippen LogP contribution is -2.13. The van der Waals surface area contributed by atoms with Crippen molar-refractivity contribution in [3.05, 3.63) is 45.6 Å². The van der Waals surface area contributed by atoms with Crippen LogP contribution in [-0.2, 0) is 0 Å². The Labute approximate surface area is 111 Å². The molecule has 1 aromatic carbocycles. The minimum absolute atomic E-state index is 0.193. The highest BCUT2D eigenvalue weighted by Crippen LogP contribution is 2.33. The number of hydrogen-bond acceptors (Lipinski definition) is 4. The third kappa shape index (κ3) is 2.35. The molecule has 0 saturated heterocycles. The first kappa shape index (κ1) is 12.9. The molecule has 4 heteroatoms. The van der Waals surface area contributed by atoms with Gasteiger partial charge in [0.2, 0.25) is 0 Å². The SMILES string of the molecule is COc1ccc(OC)c(C(N)c2cscc2C)c1. The highest BCUT2D eigenvalue weighted by atomic mass is 32.1. The van der Waals surface area contributed by atoms with Crippen LogP contribution in [0.1, 0.15) is 22.7 Å². The zero-order valence-electron chi connectivity index (χ0n) is 10.8. The lowest BCUT2D eigenvalue weighted by Gasteiger charge is -2.17. The summed E-state index contributed by atoms with van der Waals surface area (Å²) < 4.78 is 10.6. The largest absolute Gasteiger partial charge is 0.497 e. The van der Waals surface area contributed by atoms with Crippen LogP contribution < -0.4 is 15.2 Å². The van der Waals surface area contributed by atoms with Gasteiger partial charge in [-0.2, -0.15) is 11.3 Å². The first-order valence-electron chi connectivity index (χ1n) is 5.67. The lowest BCUT2D eigenvalue weighted by molar-refractivity contribution is 0.397. The van der Waals surface area contributed by atoms with Crippen LogP contribution >= 0.6 is 11.3 Å². The van der Waals surface area contributed by atoms with Gasteiger partial charge in [0.15, 0.2) is 0 Å². The van der Waals surface area contributed by atoms with E-state index in [4.69, 9.17) is 15.2 Å². The Morgan fingerprint density at radius 3 is 2.44 bits per heavy atom. The average Bonchev–Trinajstić information content (AvgIpc) is 2.83. The summed E-state index contributed by atoms with van der Waals surface area (Å²) in [4.78, 5) is 0. The minimum Gasteiger partial charge on any atom is -0.497 e. The van der Waals surface area contributed by atoms with E-state index < -0.39 is 0 Å². The van der Waals surface area contributed by atoms with Crippen molar-refractivity contribution >= 4 is 11.3 Å². The fourth-order valence-electron chi connectivity index (χ4n) is 1.94. The highest BCUT2D eigenvalue weighted by molar-refractivity contribution is 7.08. The molecule has 1 unspecified atom stereocenters. The van der Waals surface area contributed by atoms with Crippen LogP contribution in [0, 0.1) is 6.92 Å². The summed E-state index contributed by atoms with van der Waals surface area (Å²) in [5.74, 6) is 1.57. The minimum atomic E-state index is -0.193. The zero-order valence-corrected chi connectivity index (χ0v) is 11.6. The van der Waals surface area contributed by atoms with Crippen LogP contribution in [0.5, 0.6) is 11.5 Å². The van der Waals surface area contributed by atoms with E-state index in [-0.39, 0.29) is 6.04 Å². The van der Waals surface area contributed by atoms with Crippen LogP contribution in [0.2, 0.25) is 0 Å². The molecular formula is C14H17NO2S. The standard InChI is InChI=1S/C14H17NO2S/c1-9-7-18-8-12(9)14(15)11-6-10(16-2)4-5-13(11)17-3/h4-8,14H,15H2,1-3H3. The molecule has 1 aromatic heterocycles.